The van der Waals surface area contributed by atoms with E-state index in [2.05, 4.69) is 5.32 Å². The van der Waals surface area contributed by atoms with Gasteiger partial charge >= 0.3 is 5.97 Å². The average molecular weight is 544 g/mol. The number of halogens is 4. The molecule has 1 saturated heterocycles. The largest absolute Gasteiger partial charge is 0.452 e. The minimum absolute atomic E-state index is 0.149. The van der Waals surface area contributed by atoms with Crippen LogP contribution in [-0.2, 0) is 19.1 Å². The Labute approximate surface area is 215 Å². The zero-order chi connectivity index (χ0) is 24.6. The molecule has 1 aliphatic heterocycles. The molecule has 4 atom stereocenters. The Bertz CT molecular complexity index is 1130. The van der Waals surface area contributed by atoms with Crippen LogP contribution in [0.4, 0.5) is 11.4 Å². The normalized spacial score (nSPS) is 24.1. The number of hydrogen-bond acceptors (Lipinski definition) is 5. The van der Waals surface area contributed by atoms with E-state index < -0.39 is 30.3 Å². The minimum Gasteiger partial charge on any atom is -0.452 e. The Morgan fingerprint density at radius 1 is 0.941 bits per heavy atom. The third kappa shape index (κ3) is 4.89. The maximum absolute atomic E-state index is 12.8. The van der Waals surface area contributed by atoms with Gasteiger partial charge in [-0.25, -0.2) is 4.79 Å². The lowest BCUT2D eigenvalue weighted by Crippen LogP contribution is -2.34. The van der Waals surface area contributed by atoms with Crippen LogP contribution < -0.4 is 10.2 Å². The Balaban J connectivity index is 1.37. The molecule has 1 heterocycles. The molecule has 1 aliphatic carbocycles. The number of imide groups is 1. The van der Waals surface area contributed by atoms with Crippen LogP contribution in [-0.4, -0.2) is 41.1 Å². The van der Waals surface area contributed by atoms with Crippen molar-refractivity contribution in [3.05, 3.63) is 58.1 Å². The van der Waals surface area contributed by atoms with E-state index in [1.54, 1.807) is 18.2 Å². The van der Waals surface area contributed by atoms with Gasteiger partial charge in [0, 0.05) is 0 Å². The fourth-order valence-corrected chi connectivity index (χ4v) is 5.03. The van der Waals surface area contributed by atoms with Gasteiger partial charge in [-0.15, -0.1) is 23.2 Å². The van der Waals surface area contributed by atoms with Crippen molar-refractivity contribution in [2.75, 3.05) is 16.8 Å². The second-order valence-electron chi connectivity index (χ2n) is 8.00. The van der Waals surface area contributed by atoms with Gasteiger partial charge in [0.1, 0.15) is 0 Å². The average Bonchev–Trinajstić information content (AvgIpc) is 3.05. The van der Waals surface area contributed by atoms with Crippen LogP contribution in [0.2, 0.25) is 10.0 Å². The highest BCUT2D eigenvalue weighted by Gasteiger charge is 2.52. The molecule has 2 aromatic rings. The van der Waals surface area contributed by atoms with Crippen LogP contribution in [0, 0.1) is 11.8 Å². The van der Waals surface area contributed by atoms with E-state index in [1.165, 1.54) is 24.3 Å². The number of benzene rings is 2. The van der Waals surface area contributed by atoms with Gasteiger partial charge in [-0.05, 0) is 49.2 Å². The summed E-state index contributed by atoms with van der Waals surface area (Å²) < 4.78 is 5.04. The van der Waals surface area contributed by atoms with E-state index in [9.17, 15) is 19.2 Å². The molecule has 0 spiro atoms. The standard InChI is InChI=1S/C23H18Cl4N2O5/c24-15-2-1-3-18(20(15)27)28-19(30)10-34-23(33)11-4-6-12(7-5-11)29-21(31)13-8-16(25)17(26)9-14(13)22(29)32/h1-7,13-14,16-17H,8-10H2,(H,28,30)/t13-,14-,16+,17+/m1/s1. The summed E-state index contributed by atoms with van der Waals surface area (Å²) in [7, 11) is 0. The van der Waals surface area contributed by atoms with Crippen molar-refractivity contribution < 1.29 is 23.9 Å². The minimum atomic E-state index is -0.749. The van der Waals surface area contributed by atoms with Gasteiger partial charge in [0.2, 0.25) is 11.8 Å². The summed E-state index contributed by atoms with van der Waals surface area (Å²) in [4.78, 5) is 51.2. The number of anilines is 2. The first-order valence-corrected chi connectivity index (χ1v) is 12.0. The van der Waals surface area contributed by atoms with Crippen LogP contribution in [0.3, 0.4) is 0 Å². The second-order valence-corrected chi connectivity index (χ2v) is 9.91. The molecule has 1 saturated carbocycles. The number of nitrogens with zero attached hydrogens (tertiary/aromatic N) is 1. The topological polar surface area (TPSA) is 92.8 Å². The van der Waals surface area contributed by atoms with Gasteiger partial charge in [-0.1, -0.05) is 29.3 Å². The van der Waals surface area contributed by atoms with Crippen molar-refractivity contribution in [2.24, 2.45) is 11.8 Å². The molecule has 0 unspecified atom stereocenters. The molecule has 0 bridgehead atoms. The lowest BCUT2D eigenvalue weighted by atomic mass is 9.80. The first kappa shape index (κ1) is 24.8. The number of esters is 1. The summed E-state index contributed by atoms with van der Waals surface area (Å²) in [6.07, 6.45) is 0.683. The summed E-state index contributed by atoms with van der Waals surface area (Å²) in [6, 6.07) is 10.5. The monoisotopic (exact) mass is 542 g/mol. The van der Waals surface area contributed by atoms with E-state index >= 15 is 0 Å². The van der Waals surface area contributed by atoms with Crippen LogP contribution in [0.25, 0.3) is 0 Å². The molecule has 1 N–H and O–H groups in total. The number of carbonyl (C=O) groups is 4. The van der Waals surface area contributed by atoms with Crippen molar-refractivity contribution in [1.29, 1.82) is 0 Å². The van der Waals surface area contributed by atoms with E-state index in [0.717, 1.165) is 4.90 Å². The summed E-state index contributed by atoms with van der Waals surface area (Å²) in [5.41, 5.74) is 0.781. The summed E-state index contributed by atoms with van der Waals surface area (Å²) in [5, 5.41) is 2.22. The van der Waals surface area contributed by atoms with Gasteiger partial charge in [-0.3, -0.25) is 19.3 Å². The van der Waals surface area contributed by atoms with Crippen LogP contribution in [0.5, 0.6) is 0 Å². The molecule has 0 aromatic heterocycles. The number of hydrogen-bond donors (Lipinski definition) is 1. The number of amides is 3. The molecular weight excluding hydrogens is 526 g/mol. The van der Waals surface area contributed by atoms with E-state index in [4.69, 9.17) is 51.1 Å². The number of ether oxygens (including phenoxy) is 1. The van der Waals surface area contributed by atoms with E-state index in [0.29, 0.717) is 24.2 Å². The molecule has 3 amide bonds. The van der Waals surface area contributed by atoms with Crippen LogP contribution in [0.1, 0.15) is 23.2 Å². The maximum atomic E-state index is 12.8. The summed E-state index contributed by atoms with van der Waals surface area (Å²) in [5.74, 6) is -2.99. The number of fused-ring (bicyclic) bond motifs is 1. The predicted molar refractivity (Wildman–Crippen MR) is 130 cm³/mol. The molecular formula is C23H18Cl4N2O5. The molecule has 7 nitrogen and oxygen atoms in total. The highest BCUT2D eigenvalue weighted by Crippen LogP contribution is 2.43. The van der Waals surface area contributed by atoms with Gasteiger partial charge in [0.25, 0.3) is 5.91 Å². The van der Waals surface area contributed by atoms with Crippen LogP contribution >= 0.6 is 46.4 Å². The number of rotatable bonds is 5. The van der Waals surface area contributed by atoms with E-state index in [1.807, 2.05) is 0 Å². The van der Waals surface area contributed by atoms with Gasteiger partial charge < -0.3 is 10.1 Å². The summed E-state index contributed by atoms with van der Waals surface area (Å²) >= 11 is 24.3. The van der Waals surface area contributed by atoms with Crippen molar-refractivity contribution in [1.82, 2.24) is 0 Å². The SMILES string of the molecule is O=C(COC(=O)c1ccc(N2C(=O)[C@@H]3C[C@H](Cl)[C@@H](Cl)C[C@H]3C2=O)cc1)Nc1cccc(Cl)c1Cl. The maximum Gasteiger partial charge on any atom is 0.338 e. The van der Waals surface area contributed by atoms with Gasteiger partial charge in [-0.2, -0.15) is 0 Å². The third-order valence-corrected chi connectivity index (χ3v) is 7.75. The van der Waals surface area contributed by atoms with Gasteiger partial charge in [0.15, 0.2) is 6.61 Å². The van der Waals surface area contributed by atoms with Crippen molar-refractivity contribution in [2.45, 2.75) is 23.6 Å². The van der Waals surface area contributed by atoms with Crippen molar-refractivity contribution >= 4 is 81.5 Å². The highest BCUT2D eigenvalue weighted by atomic mass is 35.5. The Morgan fingerprint density at radius 2 is 1.53 bits per heavy atom. The van der Waals surface area contributed by atoms with Crippen molar-refractivity contribution in [3.8, 4) is 0 Å². The second kappa shape index (κ2) is 10.1. The zero-order valence-electron chi connectivity index (χ0n) is 17.5. The number of nitrogens with one attached hydrogen (secondary N) is 1. The molecule has 34 heavy (non-hydrogen) atoms. The van der Waals surface area contributed by atoms with Gasteiger partial charge in [0.05, 0.1) is 49.6 Å². The quantitative estimate of drug-likeness (QED) is 0.329. The Hall–Kier alpha value is -2.32. The number of carbonyl (C=O) groups excluding carboxylic acids is 4. The molecule has 178 valence electrons. The summed E-state index contributed by atoms with van der Waals surface area (Å²) in [6.45, 7) is -0.547. The third-order valence-electron chi connectivity index (χ3n) is 5.83. The molecule has 0 radical (unpaired) electrons. The number of alkyl halides is 2. The Morgan fingerprint density at radius 3 is 2.12 bits per heavy atom. The first-order valence-electron chi connectivity index (χ1n) is 10.3. The zero-order valence-corrected chi connectivity index (χ0v) is 20.5. The molecule has 11 heteroatoms. The molecule has 2 aliphatic rings. The van der Waals surface area contributed by atoms with Crippen LogP contribution in [0.15, 0.2) is 42.5 Å². The molecule has 4 rings (SSSR count). The predicted octanol–water partition coefficient (Wildman–Crippen LogP) is 4.90. The van der Waals surface area contributed by atoms with Crippen molar-refractivity contribution in [3.63, 3.8) is 0 Å². The Kier molecular flexibility index (Phi) is 7.38. The first-order chi connectivity index (χ1) is 16.2. The lowest BCUT2D eigenvalue weighted by molar-refractivity contribution is -0.122. The fraction of sp³-hybridized carbons (Fsp3) is 0.304. The molecule has 2 aromatic carbocycles. The smallest absolute Gasteiger partial charge is 0.338 e. The molecule has 2 fully saturated rings. The van der Waals surface area contributed by atoms with E-state index in [-0.39, 0.29) is 38.2 Å². The fourth-order valence-electron chi connectivity index (χ4n) is 4.10. The lowest BCUT2D eigenvalue weighted by Gasteiger charge is -2.28. The highest BCUT2D eigenvalue weighted by molar-refractivity contribution is 6.44.